The maximum Gasteiger partial charge on any atom is 0.226 e. The second-order valence-electron chi connectivity index (χ2n) is 9.68. The Kier molecular flexibility index (Phi) is 9.19. The monoisotopic (exact) mass is 498 g/mol. The van der Waals surface area contributed by atoms with Gasteiger partial charge in [-0.25, -0.2) is 0 Å². The van der Waals surface area contributed by atoms with Crippen LogP contribution in [0.2, 0.25) is 0 Å². The number of ether oxygens (including phenoxy) is 1. The number of hydrogen-bond acceptors (Lipinski definition) is 4. The maximum absolute atomic E-state index is 12.7. The van der Waals surface area contributed by atoms with Crippen LogP contribution in [0.25, 0.3) is 0 Å². The fourth-order valence-electron chi connectivity index (χ4n) is 4.61. The second-order valence-corrected chi connectivity index (χ2v) is 9.68. The van der Waals surface area contributed by atoms with Gasteiger partial charge in [0, 0.05) is 37.3 Å². The minimum Gasteiger partial charge on any atom is -0.489 e. The van der Waals surface area contributed by atoms with Gasteiger partial charge in [0.2, 0.25) is 11.8 Å². The average molecular weight is 499 g/mol. The van der Waals surface area contributed by atoms with Crippen molar-refractivity contribution >= 4 is 17.5 Å². The van der Waals surface area contributed by atoms with Crippen LogP contribution in [0.5, 0.6) is 5.75 Å². The summed E-state index contributed by atoms with van der Waals surface area (Å²) in [5.74, 6) is 0.118. The molecule has 1 radical (unpaired) electrons. The molecule has 1 aliphatic heterocycles. The van der Waals surface area contributed by atoms with Gasteiger partial charge >= 0.3 is 0 Å². The predicted octanol–water partition coefficient (Wildman–Crippen LogP) is 4.98. The zero-order valence-electron chi connectivity index (χ0n) is 21.5. The quantitative estimate of drug-likeness (QED) is 0.405. The molecule has 0 aromatic heterocycles. The molecule has 193 valence electrons. The summed E-state index contributed by atoms with van der Waals surface area (Å²) in [5, 5.41) is 0. The van der Waals surface area contributed by atoms with Gasteiger partial charge in [0.05, 0.1) is 6.42 Å². The fourth-order valence-corrected chi connectivity index (χ4v) is 4.61. The first kappa shape index (κ1) is 26.3. The molecule has 1 atom stereocenters. The minimum absolute atomic E-state index is 0.0129. The Hall–Kier alpha value is -3.80. The van der Waals surface area contributed by atoms with E-state index in [-0.39, 0.29) is 17.7 Å². The third-order valence-electron chi connectivity index (χ3n) is 6.96. The highest BCUT2D eigenvalue weighted by Gasteiger charge is 2.28. The zero-order valence-corrected chi connectivity index (χ0v) is 21.5. The molecule has 0 aliphatic carbocycles. The number of carbonyl (C=O) groups excluding carboxylic acids is 2. The van der Waals surface area contributed by atoms with Crippen molar-refractivity contribution in [3.05, 3.63) is 102 Å². The van der Waals surface area contributed by atoms with Crippen LogP contribution in [0.15, 0.2) is 84.9 Å². The predicted molar refractivity (Wildman–Crippen MR) is 147 cm³/mol. The first-order chi connectivity index (χ1) is 18.0. The fraction of sp³-hybridized carbons (Fsp3) is 0.323. The molecule has 2 N–H and O–H groups in total. The van der Waals surface area contributed by atoms with Crippen molar-refractivity contribution in [2.45, 2.75) is 45.4 Å². The Labute approximate surface area is 220 Å². The Bertz CT molecular complexity index is 1130. The van der Waals surface area contributed by atoms with E-state index in [9.17, 15) is 9.59 Å². The largest absolute Gasteiger partial charge is 0.489 e. The number of rotatable bonds is 11. The summed E-state index contributed by atoms with van der Waals surface area (Å²) >= 11 is 0. The summed E-state index contributed by atoms with van der Waals surface area (Å²) in [4.78, 5) is 28.3. The highest BCUT2D eigenvalue weighted by molar-refractivity contribution is 5.86. The number of piperidine rings is 1. The Morgan fingerprint density at radius 1 is 0.946 bits per heavy atom. The molecule has 3 aromatic carbocycles. The Balaban J connectivity index is 1.39. The van der Waals surface area contributed by atoms with Gasteiger partial charge in [0.25, 0.3) is 0 Å². The van der Waals surface area contributed by atoms with E-state index in [4.69, 9.17) is 10.5 Å². The van der Waals surface area contributed by atoms with E-state index in [0.29, 0.717) is 32.2 Å². The van der Waals surface area contributed by atoms with Crippen LogP contribution in [-0.4, -0.2) is 35.8 Å². The number of nitrogens with two attached hydrogens (primary N) is 1. The molecule has 1 fully saturated rings. The average Bonchev–Trinajstić information content (AvgIpc) is 2.95. The van der Waals surface area contributed by atoms with Crippen molar-refractivity contribution in [1.29, 1.82) is 0 Å². The first-order valence-corrected chi connectivity index (χ1v) is 13.0. The number of benzene rings is 3. The standard InChI is InChI=1S/C31H36N3O3/c1-24(31(32)36)12-17-30(35)33-20-18-28(19-21-33)34(22-25-8-4-2-5-9-25)27-13-15-29(16-14-27)37-23-26-10-6-3-7-11-26/h2-11,13-17,24,28H,12,18-23H2,1H3,(H2,32,36). The van der Waals surface area contributed by atoms with Crippen LogP contribution < -0.4 is 15.4 Å². The lowest BCUT2D eigenvalue weighted by Gasteiger charge is -2.40. The Morgan fingerprint density at radius 3 is 2.14 bits per heavy atom. The normalized spacial score (nSPS) is 14.7. The highest BCUT2D eigenvalue weighted by Crippen LogP contribution is 2.28. The summed E-state index contributed by atoms with van der Waals surface area (Å²) in [6.45, 7) is 4.46. The van der Waals surface area contributed by atoms with Gasteiger partial charge in [-0.15, -0.1) is 0 Å². The summed E-state index contributed by atoms with van der Waals surface area (Å²) in [6.07, 6.45) is 3.74. The summed E-state index contributed by atoms with van der Waals surface area (Å²) in [7, 11) is 0. The third-order valence-corrected chi connectivity index (χ3v) is 6.96. The summed E-state index contributed by atoms with van der Waals surface area (Å²) in [5.41, 5.74) is 8.86. The molecular formula is C31H36N3O3. The van der Waals surface area contributed by atoms with Gasteiger partial charge in [-0.05, 0) is 54.7 Å². The van der Waals surface area contributed by atoms with Crippen molar-refractivity contribution in [1.82, 2.24) is 4.90 Å². The van der Waals surface area contributed by atoms with Gasteiger partial charge in [0.1, 0.15) is 12.4 Å². The molecule has 0 bridgehead atoms. The molecule has 2 amide bonds. The molecule has 0 saturated carbocycles. The van der Waals surface area contributed by atoms with E-state index in [1.165, 1.54) is 5.56 Å². The summed E-state index contributed by atoms with van der Waals surface area (Å²) in [6, 6.07) is 29.2. The molecule has 1 aliphatic rings. The molecule has 1 heterocycles. The van der Waals surface area contributed by atoms with Crippen LogP contribution in [0.4, 0.5) is 5.69 Å². The molecule has 4 rings (SSSR count). The van der Waals surface area contributed by atoms with Crippen LogP contribution >= 0.6 is 0 Å². The van der Waals surface area contributed by atoms with E-state index in [0.717, 1.165) is 36.4 Å². The number of primary amides is 1. The number of anilines is 1. The van der Waals surface area contributed by atoms with E-state index < -0.39 is 0 Å². The maximum atomic E-state index is 12.7. The van der Waals surface area contributed by atoms with Crippen molar-refractivity contribution in [2.75, 3.05) is 18.0 Å². The number of carbonyl (C=O) groups is 2. The molecule has 6 heteroatoms. The van der Waals surface area contributed by atoms with E-state index in [1.807, 2.05) is 41.3 Å². The molecular weight excluding hydrogens is 462 g/mol. The van der Waals surface area contributed by atoms with E-state index in [1.54, 1.807) is 13.3 Å². The molecule has 1 saturated heterocycles. The number of amides is 2. The lowest BCUT2D eigenvalue weighted by molar-refractivity contribution is -0.129. The smallest absolute Gasteiger partial charge is 0.226 e. The number of likely N-dealkylation sites (tertiary alicyclic amines) is 1. The molecule has 0 spiro atoms. The van der Waals surface area contributed by atoms with Crippen LogP contribution in [0, 0.1) is 12.3 Å². The third kappa shape index (κ3) is 7.59. The van der Waals surface area contributed by atoms with Gasteiger partial charge in [-0.1, -0.05) is 67.6 Å². The van der Waals surface area contributed by atoms with Crippen LogP contribution in [-0.2, 0) is 22.7 Å². The van der Waals surface area contributed by atoms with Gasteiger partial charge in [-0.2, -0.15) is 0 Å². The topological polar surface area (TPSA) is 75.9 Å². The molecule has 6 nitrogen and oxygen atoms in total. The molecule has 3 aromatic rings. The second kappa shape index (κ2) is 12.9. The molecule has 37 heavy (non-hydrogen) atoms. The van der Waals surface area contributed by atoms with Gasteiger partial charge in [0.15, 0.2) is 0 Å². The van der Waals surface area contributed by atoms with Crippen LogP contribution in [0.1, 0.15) is 37.3 Å². The number of hydrogen-bond donors (Lipinski definition) is 1. The zero-order chi connectivity index (χ0) is 26.0. The van der Waals surface area contributed by atoms with Crippen molar-refractivity contribution in [3.8, 4) is 5.75 Å². The number of nitrogens with zero attached hydrogens (tertiary/aromatic N) is 2. The minimum atomic E-state index is -0.379. The summed E-state index contributed by atoms with van der Waals surface area (Å²) < 4.78 is 5.99. The van der Waals surface area contributed by atoms with Gasteiger partial charge < -0.3 is 20.3 Å². The van der Waals surface area contributed by atoms with Crippen molar-refractivity contribution in [2.24, 2.45) is 11.7 Å². The first-order valence-electron chi connectivity index (χ1n) is 13.0. The van der Waals surface area contributed by atoms with E-state index >= 15 is 0 Å². The Morgan fingerprint density at radius 2 is 1.54 bits per heavy atom. The van der Waals surface area contributed by atoms with Crippen molar-refractivity contribution in [3.63, 3.8) is 0 Å². The highest BCUT2D eigenvalue weighted by atomic mass is 16.5. The SMILES string of the molecule is CC(C[CH]C(=O)N1CCC(N(Cc2ccccc2)c2ccc(OCc3ccccc3)cc2)CC1)C(N)=O. The van der Waals surface area contributed by atoms with Gasteiger partial charge in [-0.3, -0.25) is 9.59 Å². The van der Waals surface area contributed by atoms with E-state index in [2.05, 4.69) is 53.4 Å². The lowest BCUT2D eigenvalue weighted by Crippen LogP contribution is -2.47. The lowest BCUT2D eigenvalue weighted by atomic mass is 9.99. The van der Waals surface area contributed by atoms with Crippen molar-refractivity contribution < 1.29 is 14.3 Å². The molecule has 1 unspecified atom stereocenters. The van der Waals surface area contributed by atoms with Crippen LogP contribution in [0.3, 0.4) is 0 Å².